The standard InChI is InChI=1S/C14H11BrO/c1-10(11-6-8-12(15)9-7-11)13-4-2-3-5-14(13)16/h2-9,16H,1H2. The summed E-state index contributed by atoms with van der Waals surface area (Å²) in [7, 11) is 0. The summed E-state index contributed by atoms with van der Waals surface area (Å²) < 4.78 is 1.03. The highest BCUT2D eigenvalue weighted by Crippen LogP contribution is 2.29. The van der Waals surface area contributed by atoms with Gasteiger partial charge in [0.05, 0.1) is 0 Å². The van der Waals surface area contributed by atoms with Gasteiger partial charge in [-0.1, -0.05) is 52.8 Å². The van der Waals surface area contributed by atoms with Crippen LogP contribution in [0.3, 0.4) is 0 Å². The van der Waals surface area contributed by atoms with Crippen LogP contribution in [-0.4, -0.2) is 5.11 Å². The predicted octanol–water partition coefficient (Wildman–Crippen LogP) is 4.22. The van der Waals surface area contributed by atoms with E-state index in [-0.39, 0.29) is 5.75 Å². The van der Waals surface area contributed by atoms with Crippen molar-refractivity contribution >= 4 is 21.5 Å². The lowest BCUT2D eigenvalue weighted by Crippen LogP contribution is -1.86. The first-order valence-corrected chi connectivity index (χ1v) is 5.71. The third-order valence-corrected chi connectivity index (χ3v) is 2.95. The van der Waals surface area contributed by atoms with E-state index in [0.29, 0.717) is 0 Å². The van der Waals surface area contributed by atoms with Gasteiger partial charge in [0, 0.05) is 10.0 Å². The predicted molar refractivity (Wildman–Crippen MR) is 70.4 cm³/mol. The second kappa shape index (κ2) is 4.54. The van der Waals surface area contributed by atoms with Crippen molar-refractivity contribution in [2.75, 3.05) is 0 Å². The average Bonchev–Trinajstić information content (AvgIpc) is 2.30. The van der Waals surface area contributed by atoms with Gasteiger partial charge in [0.15, 0.2) is 0 Å². The molecule has 0 radical (unpaired) electrons. The first kappa shape index (κ1) is 11.0. The number of aromatic hydroxyl groups is 1. The highest BCUT2D eigenvalue weighted by molar-refractivity contribution is 9.10. The van der Waals surface area contributed by atoms with Crippen LogP contribution in [-0.2, 0) is 0 Å². The van der Waals surface area contributed by atoms with Gasteiger partial charge in [0.25, 0.3) is 0 Å². The maximum absolute atomic E-state index is 9.73. The molecule has 0 heterocycles. The summed E-state index contributed by atoms with van der Waals surface area (Å²) in [5, 5.41) is 9.73. The molecule has 2 rings (SSSR count). The van der Waals surface area contributed by atoms with E-state index in [0.717, 1.165) is 21.2 Å². The maximum atomic E-state index is 9.73. The van der Waals surface area contributed by atoms with Gasteiger partial charge >= 0.3 is 0 Å². The summed E-state index contributed by atoms with van der Waals surface area (Å²) in [6, 6.07) is 15.1. The van der Waals surface area contributed by atoms with Crippen molar-refractivity contribution in [3.05, 3.63) is 70.7 Å². The summed E-state index contributed by atoms with van der Waals surface area (Å²) in [5.74, 6) is 0.260. The Balaban J connectivity index is 2.40. The molecule has 0 atom stereocenters. The number of rotatable bonds is 2. The zero-order chi connectivity index (χ0) is 11.5. The van der Waals surface area contributed by atoms with Crippen LogP contribution in [0, 0.1) is 0 Å². The quantitative estimate of drug-likeness (QED) is 0.870. The molecule has 0 saturated heterocycles. The van der Waals surface area contributed by atoms with Crippen molar-refractivity contribution < 1.29 is 5.11 Å². The molecule has 0 saturated carbocycles. The molecule has 1 nitrogen and oxygen atoms in total. The second-order valence-electron chi connectivity index (χ2n) is 3.50. The minimum absolute atomic E-state index is 0.260. The molecule has 0 unspecified atom stereocenters. The molecule has 0 spiro atoms. The normalized spacial score (nSPS) is 10.1. The Labute approximate surface area is 103 Å². The van der Waals surface area contributed by atoms with Crippen molar-refractivity contribution in [1.82, 2.24) is 0 Å². The molecule has 0 bridgehead atoms. The zero-order valence-electron chi connectivity index (χ0n) is 8.65. The number of phenolic OH excluding ortho intramolecular Hbond substituents is 1. The van der Waals surface area contributed by atoms with Gasteiger partial charge < -0.3 is 5.11 Å². The number of benzene rings is 2. The smallest absolute Gasteiger partial charge is 0.123 e. The third kappa shape index (κ3) is 2.17. The molecule has 0 amide bonds. The van der Waals surface area contributed by atoms with Crippen LogP contribution >= 0.6 is 15.9 Å². The summed E-state index contributed by atoms with van der Waals surface area (Å²) in [5.41, 5.74) is 2.60. The van der Waals surface area contributed by atoms with E-state index in [2.05, 4.69) is 22.5 Å². The second-order valence-corrected chi connectivity index (χ2v) is 4.42. The molecule has 2 heteroatoms. The average molecular weight is 275 g/mol. The molecule has 0 fully saturated rings. The topological polar surface area (TPSA) is 20.2 Å². The first-order chi connectivity index (χ1) is 7.68. The molecule has 2 aromatic carbocycles. The Hall–Kier alpha value is -1.54. The van der Waals surface area contributed by atoms with Gasteiger partial charge in [-0.15, -0.1) is 0 Å². The summed E-state index contributed by atoms with van der Waals surface area (Å²) >= 11 is 3.39. The van der Waals surface area contributed by atoms with Crippen LogP contribution in [0.1, 0.15) is 11.1 Å². The zero-order valence-corrected chi connectivity index (χ0v) is 10.2. The van der Waals surface area contributed by atoms with Gasteiger partial charge in [0.1, 0.15) is 5.75 Å². The molecule has 80 valence electrons. The van der Waals surface area contributed by atoms with Crippen LogP contribution in [0.25, 0.3) is 5.57 Å². The Morgan fingerprint density at radius 2 is 1.62 bits per heavy atom. The van der Waals surface area contributed by atoms with E-state index in [9.17, 15) is 5.11 Å². The molecular formula is C14H11BrO. The van der Waals surface area contributed by atoms with E-state index >= 15 is 0 Å². The number of para-hydroxylation sites is 1. The van der Waals surface area contributed by atoms with Gasteiger partial charge in [-0.25, -0.2) is 0 Å². The molecule has 1 N–H and O–H groups in total. The largest absolute Gasteiger partial charge is 0.507 e. The first-order valence-electron chi connectivity index (χ1n) is 4.91. The van der Waals surface area contributed by atoms with Gasteiger partial charge in [-0.05, 0) is 29.3 Å². The van der Waals surface area contributed by atoms with E-state index < -0.39 is 0 Å². The highest BCUT2D eigenvalue weighted by Gasteiger charge is 2.06. The highest BCUT2D eigenvalue weighted by atomic mass is 79.9. The van der Waals surface area contributed by atoms with Crippen LogP contribution in [0.4, 0.5) is 0 Å². The summed E-state index contributed by atoms with van der Waals surface area (Å²) in [4.78, 5) is 0. The maximum Gasteiger partial charge on any atom is 0.123 e. The van der Waals surface area contributed by atoms with Crippen molar-refractivity contribution in [2.45, 2.75) is 0 Å². The Morgan fingerprint density at radius 3 is 2.25 bits per heavy atom. The lowest BCUT2D eigenvalue weighted by atomic mass is 9.99. The fraction of sp³-hybridized carbons (Fsp3) is 0. The molecule has 2 aromatic rings. The van der Waals surface area contributed by atoms with Gasteiger partial charge in [0.2, 0.25) is 0 Å². The lowest BCUT2D eigenvalue weighted by molar-refractivity contribution is 0.473. The van der Waals surface area contributed by atoms with Crippen LogP contribution < -0.4 is 0 Å². The van der Waals surface area contributed by atoms with E-state index in [1.54, 1.807) is 12.1 Å². The van der Waals surface area contributed by atoms with Crippen LogP contribution in [0.15, 0.2) is 59.6 Å². The fourth-order valence-electron chi connectivity index (χ4n) is 1.54. The molecule has 16 heavy (non-hydrogen) atoms. The van der Waals surface area contributed by atoms with Gasteiger partial charge in [-0.3, -0.25) is 0 Å². The Bertz CT molecular complexity index is 515. The Kier molecular flexibility index (Phi) is 3.11. The number of hydrogen-bond acceptors (Lipinski definition) is 1. The molecule has 0 aliphatic heterocycles. The van der Waals surface area contributed by atoms with E-state index in [1.165, 1.54) is 0 Å². The number of halogens is 1. The van der Waals surface area contributed by atoms with Crippen molar-refractivity contribution in [1.29, 1.82) is 0 Å². The van der Waals surface area contributed by atoms with Crippen molar-refractivity contribution in [3.63, 3.8) is 0 Å². The summed E-state index contributed by atoms with van der Waals surface area (Å²) in [6.07, 6.45) is 0. The SMILES string of the molecule is C=C(c1ccc(Br)cc1)c1ccccc1O. The lowest BCUT2D eigenvalue weighted by Gasteiger charge is -2.08. The Morgan fingerprint density at radius 1 is 1.00 bits per heavy atom. The van der Waals surface area contributed by atoms with Crippen molar-refractivity contribution in [3.8, 4) is 5.75 Å². The minimum Gasteiger partial charge on any atom is -0.507 e. The number of hydrogen-bond donors (Lipinski definition) is 1. The molecule has 0 aliphatic carbocycles. The van der Waals surface area contributed by atoms with Crippen LogP contribution in [0.2, 0.25) is 0 Å². The molecular weight excluding hydrogens is 264 g/mol. The molecule has 0 aliphatic rings. The third-order valence-electron chi connectivity index (χ3n) is 2.42. The van der Waals surface area contributed by atoms with E-state index in [1.807, 2.05) is 36.4 Å². The monoisotopic (exact) mass is 274 g/mol. The minimum atomic E-state index is 0.260. The molecule has 0 aromatic heterocycles. The number of phenols is 1. The van der Waals surface area contributed by atoms with Gasteiger partial charge in [-0.2, -0.15) is 0 Å². The van der Waals surface area contributed by atoms with Crippen LogP contribution in [0.5, 0.6) is 5.75 Å². The van der Waals surface area contributed by atoms with E-state index in [4.69, 9.17) is 0 Å². The fourth-order valence-corrected chi connectivity index (χ4v) is 1.80. The summed E-state index contributed by atoms with van der Waals surface area (Å²) in [6.45, 7) is 4.01. The van der Waals surface area contributed by atoms with Crippen molar-refractivity contribution in [2.24, 2.45) is 0 Å².